The van der Waals surface area contributed by atoms with E-state index < -0.39 is 16.0 Å². The van der Waals surface area contributed by atoms with Crippen molar-refractivity contribution in [1.82, 2.24) is 0 Å². The predicted molar refractivity (Wildman–Crippen MR) is 93.7 cm³/mol. The van der Waals surface area contributed by atoms with Crippen LogP contribution in [-0.4, -0.2) is 19.5 Å². The van der Waals surface area contributed by atoms with Crippen molar-refractivity contribution in [2.75, 3.05) is 4.72 Å². The molecular formula is C12H9BrINO4S2. The number of hydrogen-bond acceptors (Lipinski definition) is 4. The van der Waals surface area contributed by atoms with Crippen molar-refractivity contribution in [3.05, 3.63) is 42.1 Å². The fourth-order valence-electron chi connectivity index (χ4n) is 1.68. The largest absolute Gasteiger partial charge is 0.478 e. The van der Waals surface area contributed by atoms with Crippen molar-refractivity contribution in [2.24, 2.45) is 0 Å². The van der Waals surface area contributed by atoms with Crippen LogP contribution >= 0.6 is 49.9 Å². The zero-order chi connectivity index (χ0) is 15.8. The molecule has 2 rings (SSSR count). The Morgan fingerprint density at radius 2 is 2.05 bits per heavy atom. The Morgan fingerprint density at radius 1 is 1.38 bits per heavy atom. The van der Waals surface area contributed by atoms with Crippen LogP contribution in [0.2, 0.25) is 0 Å². The van der Waals surface area contributed by atoms with Gasteiger partial charge in [-0.15, -0.1) is 11.3 Å². The lowest BCUT2D eigenvalue weighted by atomic mass is 10.2. The van der Waals surface area contributed by atoms with Crippen molar-refractivity contribution in [2.45, 2.75) is 11.8 Å². The van der Waals surface area contributed by atoms with E-state index in [2.05, 4.69) is 20.7 Å². The van der Waals surface area contributed by atoms with Gasteiger partial charge in [0.15, 0.2) is 0 Å². The van der Waals surface area contributed by atoms with Gasteiger partial charge in [0.25, 0.3) is 10.0 Å². The van der Waals surface area contributed by atoms with Gasteiger partial charge in [0, 0.05) is 8.45 Å². The molecule has 0 atom stereocenters. The van der Waals surface area contributed by atoms with Crippen LogP contribution in [0.1, 0.15) is 15.2 Å². The minimum absolute atomic E-state index is 0.0460. The third-order valence-corrected chi connectivity index (χ3v) is 6.43. The molecule has 0 amide bonds. The minimum atomic E-state index is -3.83. The fraction of sp³-hybridized carbons (Fsp3) is 0.0833. The Balaban J connectivity index is 2.47. The molecule has 0 saturated heterocycles. The second-order valence-corrected chi connectivity index (χ2v) is 9.60. The van der Waals surface area contributed by atoms with E-state index in [-0.39, 0.29) is 16.1 Å². The molecule has 0 aliphatic carbocycles. The van der Waals surface area contributed by atoms with Crippen LogP contribution in [0, 0.1) is 10.5 Å². The van der Waals surface area contributed by atoms with E-state index in [0.717, 1.165) is 0 Å². The van der Waals surface area contributed by atoms with Crippen molar-refractivity contribution in [3.63, 3.8) is 0 Å². The van der Waals surface area contributed by atoms with Gasteiger partial charge in [0.2, 0.25) is 0 Å². The number of halogens is 2. The molecule has 1 aromatic heterocycles. The van der Waals surface area contributed by atoms with Gasteiger partial charge >= 0.3 is 5.97 Å². The number of sulfonamides is 1. The van der Waals surface area contributed by atoms with E-state index in [4.69, 9.17) is 0 Å². The molecule has 21 heavy (non-hydrogen) atoms. The summed E-state index contributed by atoms with van der Waals surface area (Å²) in [6.07, 6.45) is 0. The van der Waals surface area contributed by atoms with Gasteiger partial charge in [-0.3, -0.25) is 4.72 Å². The number of carbonyl (C=O) groups is 1. The predicted octanol–water partition coefficient (Wildman–Crippen LogP) is 3.92. The molecule has 2 aromatic rings. The summed E-state index contributed by atoms with van der Waals surface area (Å²) in [6, 6.07) is 5.99. The summed E-state index contributed by atoms with van der Waals surface area (Å²) in [6.45, 7) is 1.69. The fourth-order valence-corrected chi connectivity index (χ4v) is 5.67. The highest BCUT2D eigenvalue weighted by Gasteiger charge is 2.22. The number of thiophene rings is 1. The SMILES string of the molecule is Cc1sc(Br)cc1S(=O)(=O)Nc1ccc(I)cc1C(=O)O. The van der Waals surface area contributed by atoms with Crippen molar-refractivity contribution in [1.29, 1.82) is 0 Å². The maximum absolute atomic E-state index is 12.4. The monoisotopic (exact) mass is 501 g/mol. The lowest BCUT2D eigenvalue weighted by Crippen LogP contribution is -2.15. The lowest BCUT2D eigenvalue weighted by molar-refractivity contribution is 0.0698. The first-order chi connectivity index (χ1) is 9.70. The number of anilines is 1. The topological polar surface area (TPSA) is 83.5 Å². The first kappa shape index (κ1) is 16.7. The summed E-state index contributed by atoms with van der Waals surface area (Å²) in [4.78, 5) is 12.0. The van der Waals surface area contributed by atoms with Gasteiger partial charge in [0.05, 0.1) is 15.0 Å². The van der Waals surface area contributed by atoms with E-state index >= 15 is 0 Å². The highest BCUT2D eigenvalue weighted by Crippen LogP contribution is 2.31. The van der Waals surface area contributed by atoms with Gasteiger partial charge in [-0.2, -0.15) is 0 Å². The van der Waals surface area contributed by atoms with Crippen LogP contribution in [0.15, 0.2) is 32.9 Å². The molecule has 0 aliphatic rings. The first-order valence-corrected chi connectivity index (χ1v) is 9.69. The van der Waals surface area contributed by atoms with Crippen LogP contribution in [0.25, 0.3) is 0 Å². The molecule has 2 N–H and O–H groups in total. The van der Waals surface area contributed by atoms with Gasteiger partial charge in [-0.1, -0.05) is 0 Å². The zero-order valence-electron chi connectivity index (χ0n) is 10.6. The number of nitrogens with one attached hydrogen (secondary N) is 1. The Bertz CT molecular complexity index is 817. The number of aromatic carboxylic acids is 1. The number of carboxylic acid groups (broad SMARTS) is 1. The smallest absolute Gasteiger partial charge is 0.337 e. The second-order valence-electron chi connectivity index (χ2n) is 4.07. The maximum Gasteiger partial charge on any atom is 0.337 e. The third kappa shape index (κ3) is 3.76. The summed E-state index contributed by atoms with van der Waals surface area (Å²) >= 11 is 6.51. The Hall–Kier alpha value is -0.650. The quantitative estimate of drug-likeness (QED) is 0.622. The van der Waals surface area contributed by atoms with E-state index in [1.807, 2.05) is 22.6 Å². The molecule has 9 heteroatoms. The Labute approximate surface area is 147 Å². The minimum Gasteiger partial charge on any atom is -0.478 e. The molecule has 5 nitrogen and oxygen atoms in total. The average Bonchev–Trinajstić information content (AvgIpc) is 2.71. The summed E-state index contributed by atoms with van der Waals surface area (Å²) in [5.41, 5.74) is -0.0398. The lowest BCUT2D eigenvalue weighted by Gasteiger charge is -2.10. The van der Waals surface area contributed by atoms with E-state index in [9.17, 15) is 18.3 Å². The van der Waals surface area contributed by atoms with Gasteiger partial charge in [0.1, 0.15) is 4.90 Å². The van der Waals surface area contributed by atoms with Crippen molar-refractivity contribution >= 4 is 71.5 Å². The zero-order valence-corrected chi connectivity index (χ0v) is 15.9. The number of carboxylic acids is 1. The normalized spacial score (nSPS) is 11.4. The first-order valence-electron chi connectivity index (χ1n) is 5.52. The van der Waals surface area contributed by atoms with E-state index in [1.54, 1.807) is 13.0 Å². The average molecular weight is 502 g/mol. The highest BCUT2D eigenvalue weighted by atomic mass is 127. The molecule has 0 spiro atoms. The summed E-state index contributed by atoms with van der Waals surface area (Å²) < 4.78 is 28.5. The summed E-state index contributed by atoms with van der Waals surface area (Å²) in [7, 11) is -3.83. The molecule has 0 unspecified atom stereocenters. The standard InChI is InChI=1S/C12H9BrINO4S2/c1-6-10(5-11(13)20-6)21(18,19)15-9-3-2-7(14)4-8(9)12(16)17/h2-5,15H,1H3,(H,16,17). The van der Waals surface area contributed by atoms with Crippen LogP contribution in [0.4, 0.5) is 5.69 Å². The van der Waals surface area contributed by atoms with Crippen LogP contribution < -0.4 is 4.72 Å². The van der Waals surface area contributed by atoms with Crippen LogP contribution in [0.5, 0.6) is 0 Å². The van der Waals surface area contributed by atoms with Crippen molar-refractivity contribution < 1.29 is 18.3 Å². The van der Waals surface area contributed by atoms with Gasteiger partial charge < -0.3 is 5.11 Å². The Kier molecular flexibility index (Phi) is 4.96. The molecule has 0 fully saturated rings. The van der Waals surface area contributed by atoms with Crippen molar-refractivity contribution in [3.8, 4) is 0 Å². The van der Waals surface area contributed by atoms with Crippen LogP contribution in [0.3, 0.4) is 0 Å². The number of aryl methyl sites for hydroxylation is 1. The number of benzene rings is 1. The Morgan fingerprint density at radius 3 is 2.57 bits per heavy atom. The summed E-state index contributed by atoms with van der Waals surface area (Å²) in [5, 5.41) is 9.17. The third-order valence-electron chi connectivity index (χ3n) is 2.59. The molecule has 0 bridgehead atoms. The van der Waals surface area contributed by atoms with Gasteiger partial charge in [-0.05, 0) is 69.7 Å². The molecule has 0 saturated carbocycles. The highest BCUT2D eigenvalue weighted by molar-refractivity contribution is 14.1. The van der Waals surface area contributed by atoms with E-state index in [1.165, 1.54) is 29.5 Å². The molecule has 0 aliphatic heterocycles. The maximum atomic E-state index is 12.4. The molecule has 112 valence electrons. The van der Waals surface area contributed by atoms with Crippen LogP contribution in [-0.2, 0) is 10.0 Å². The van der Waals surface area contributed by atoms with E-state index in [0.29, 0.717) is 12.2 Å². The molecular weight excluding hydrogens is 493 g/mol. The number of hydrogen-bond donors (Lipinski definition) is 2. The second kappa shape index (κ2) is 6.23. The molecule has 0 radical (unpaired) electrons. The summed E-state index contributed by atoms with van der Waals surface area (Å²) in [5.74, 6) is -1.19. The molecule has 1 heterocycles. The molecule has 1 aromatic carbocycles. The number of rotatable bonds is 4. The van der Waals surface area contributed by atoms with Gasteiger partial charge in [-0.25, -0.2) is 13.2 Å².